The number of benzene rings is 2. The summed E-state index contributed by atoms with van der Waals surface area (Å²) in [5.74, 6) is -0.506. The highest BCUT2D eigenvalue weighted by Gasteiger charge is 2.11. The molecule has 0 spiro atoms. The number of anilines is 1. The fourth-order valence-electron chi connectivity index (χ4n) is 2.05. The largest absolute Gasteiger partial charge is 0.378 e. The number of halogens is 2. The number of nitrogens with zero attached hydrogens (tertiary/aromatic N) is 1. The van der Waals surface area contributed by atoms with E-state index >= 15 is 0 Å². The molecule has 0 aromatic heterocycles. The van der Waals surface area contributed by atoms with E-state index in [1.54, 1.807) is 6.07 Å². The van der Waals surface area contributed by atoms with Crippen molar-refractivity contribution in [3.63, 3.8) is 0 Å². The Labute approximate surface area is 122 Å². The summed E-state index contributed by atoms with van der Waals surface area (Å²) in [6.45, 7) is 2.05. The van der Waals surface area contributed by atoms with E-state index in [1.165, 1.54) is 12.1 Å². The molecule has 1 unspecified atom stereocenters. The van der Waals surface area contributed by atoms with Gasteiger partial charge in [0.05, 0.1) is 11.6 Å². The Balaban J connectivity index is 2.25. The van der Waals surface area contributed by atoms with E-state index in [4.69, 9.17) is 16.9 Å². The number of nitriles is 1. The molecule has 0 aliphatic carbocycles. The van der Waals surface area contributed by atoms with Crippen LogP contribution in [0.2, 0.25) is 5.02 Å². The monoisotopic (exact) mass is 288 g/mol. The smallest absolute Gasteiger partial charge is 0.141 e. The first-order valence-electron chi connectivity index (χ1n) is 6.35. The van der Waals surface area contributed by atoms with E-state index in [-0.39, 0.29) is 11.6 Å². The van der Waals surface area contributed by atoms with Crippen molar-refractivity contribution in [2.24, 2.45) is 0 Å². The maximum atomic E-state index is 13.3. The van der Waals surface area contributed by atoms with Crippen molar-refractivity contribution >= 4 is 17.3 Å². The molecule has 20 heavy (non-hydrogen) atoms. The summed E-state index contributed by atoms with van der Waals surface area (Å²) in [5, 5.41) is 12.8. The van der Waals surface area contributed by atoms with Crippen LogP contribution in [0, 0.1) is 17.1 Å². The first kappa shape index (κ1) is 14.4. The van der Waals surface area contributed by atoms with E-state index in [0.29, 0.717) is 5.02 Å². The van der Waals surface area contributed by atoms with Crippen molar-refractivity contribution in [3.8, 4) is 6.07 Å². The van der Waals surface area contributed by atoms with E-state index in [2.05, 4.69) is 5.32 Å². The van der Waals surface area contributed by atoms with Crippen molar-refractivity contribution in [1.82, 2.24) is 0 Å². The first-order valence-corrected chi connectivity index (χ1v) is 6.73. The van der Waals surface area contributed by atoms with Gasteiger partial charge in [-0.05, 0) is 42.3 Å². The van der Waals surface area contributed by atoms with Crippen molar-refractivity contribution in [1.29, 1.82) is 5.26 Å². The zero-order valence-corrected chi connectivity index (χ0v) is 11.8. The Hall–Kier alpha value is -2.05. The van der Waals surface area contributed by atoms with Gasteiger partial charge in [0, 0.05) is 10.7 Å². The van der Waals surface area contributed by atoms with E-state index in [1.807, 2.05) is 37.3 Å². The molecular formula is C16H14ClFN2. The third-order valence-corrected chi connectivity index (χ3v) is 3.32. The summed E-state index contributed by atoms with van der Waals surface area (Å²) in [7, 11) is 0. The van der Waals surface area contributed by atoms with E-state index < -0.39 is 5.82 Å². The Morgan fingerprint density at radius 2 is 2.10 bits per heavy atom. The molecule has 2 aromatic carbocycles. The molecule has 0 fully saturated rings. The molecule has 0 aliphatic heterocycles. The van der Waals surface area contributed by atoms with Gasteiger partial charge >= 0.3 is 0 Å². The Morgan fingerprint density at radius 1 is 1.30 bits per heavy atom. The quantitative estimate of drug-likeness (QED) is 0.867. The lowest BCUT2D eigenvalue weighted by Crippen LogP contribution is -2.09. The highest BCUT2D eigenvalue weighted by atomic mass is 35.5. The van der Waals surface area contributed by atoms with Crippen LogP contribution in [0.5, 0.6) is 0 Å². The average Bonchev–Trinajstić information content (AvgIpc) is 2.46. The van der Waals surface area contributed by atoms with Crippen LogP contribution in [0.3, 0.4) is 0 Å². The van der Waals surface area contributed by atoms with Gasteiger partial charge in [0.1, 0.15) is 11.9 Å². The van der Waals surface area contributed by atoms with Crippen molar-refractivity contribution in [2.45, 2.75) is 19.4 Å². The number of hydrogen-bond donors (Lipinski definition) is 1. The minimum Gasteiger partial charge on any atom is -0.378 e. The summed E-state index contributed by atoms with van der Waals surface area (Å²) >= 11 is 6.00. The molecule has 4 heteroatoms. The van der Waals surface area contributed by atoms with Crippen molar-refractivity contribution in [3.05, 3.63) is 64.4 Å². The van der Waals surface area contributed by atoms with Gasteiger partial charge in [0.15, 0.2) is 0 Å². The van der Waals surface area contributed by atoms with E-state index in [9.17, 15) is 4.39 Å². The summed E-state index contributed by atoms with van der Waals surface area (Å²) in [4.78, 5) is 0. The summed E-state index contributed by atoms with van der Waals surface area (Å²) in [6, 6.07) is 13.9. The fraction of sp³-hybridized carbons (Fsp3) is 0.188. The molecule has 0 saturated carbocycles. The normalized spacial score (nSPS) is 11.7. The summed E-state index contributed by atoms with van der Waals surface area (Å²) in [5.41, 5.74) is 1.81. The number of hydrogen-bond acceptors (Lipinski definition) is 2. The first-order chi connectivity index (χ1) is 9.63. The van der Waals surface area contributed by atoms with Crippen LogP contribution in [-0.4, -0.2) is 0 Å². The number of nitrogens with one attached hydrogen (secondary N) is 1. The minimum atomic E-state index is -0.506. The topological polar surface area (TPSA) is 35.8 Å². The summed E-state index contributed by atoms with van der Waals surface area (Å²) in [6.07, 6.45) is 0.847. The second-order valence-corrected chi connectivity index (χ2v) is 4.90. The molecule has 2 rings (SSSR count). The van der Waals surface area contributed by atoms with Crippen LogP contribution in [0.4, 0.5) is 10.1 Å². The van der Waals surface area contributed by atoms with Gasteiger partial charge in [-0.1, -0.05) is 30.7 Å². The lowest BCUT2D eigenvalue weighted by Gasteiger charge is -2.19. The van der Waals surface area contributed by atoms with Gasteiger partial charge in [-0.2, -0.15) is 5.26 Å². The molecule has 2 nitrogen and oxygen atoms in total. The third kappa shape index (κ3) is 3.28. The zero-order chi connectivity index (χ0) is 14.5. The Kier molecular flexibility index (Phi) is 4.60. The second kappa shape index (κ2) is 6.40. The van der Waals surface area contributed by atoms with Crippen LogP contribution >= 0.6 is 11.6 Å². The van der Waals surface area contributed by atoms with Gasteiger partial charge in [-0.25, -0.2) is 4.39 Å². The molecule has 0 saturated heterocycles. The Morgan fingerprint density at radius 3 is 2.75 bits per heavy atom. The molecule has 0 radical (unpaired) electrons. The highest BCUT2D eigenvalue weighted by Crippen LogP contribution is 2.25. The maximum Gasteiger partial charge on any atom is 0.141 e. The molecule has 1 N–H and O–H groups in total. The van der Waals surface area contributed by atoms with Crippen LogP contribution in [-0.2, 0) is 0 Å². The van der Waals surface area contributed by atoms with Gasteiger partial charge < -0.3 is 5.32 Å². The van der Waals surface area contributed by atoms with Crippen molar-refractivity contribution < 1.29 is 4.39 Å². The summed E-state index contributed by atoms with van der Waals surface area (Å²) < 4.78 is 13.3. The predicted octanol–water partition coefficient (Wildman–Crippen LogP) is 4.91. The highest BCUT2D eigenvalue weighted by molar-refractivity contribution is 6.30. The maximum absolute atomic E-state index is 13.3. The third-order valence-electron chi connectivity index (χ3n) is 3.09. The predicted molar refractivity (Wildman–Crippen MR) is 79.2 cm³/mol. The lowest BCUT2D eigenvalue weighted by molar-refractivity contribution is 0.624. The molecule has 0 amide bonds. The molecule has 102 valence electrons. The van der Waals surface area contributed by atoms with Crippen LogP contribution in [0.25, 0.3) is 0 Å². The van der Waals surface area contributed by atoms with Crippen molar-refractivity contribution in [2.75, 3.05) is 5.32 Å². The zero-order valence-electron chi connectivity index (χ0n) is 11.0. The average molecular weight is 289 g/mol. The van der Waals surface area contributed by atoms with Gasteiger partial charge in [0.2, 0.25) is 0 Å². The Bertz CT molecular complexity index is 649. The van der Waals surface area contributed by atoms with Gasteiger partial charge in [-0.3, -0.25) is 0 Å². The van der Waals surface area contributed by atoms with Crippen LogP contribution in [0.1, 0.15) is 30.5 Å². The molecule has 2 aromatic rings. The number of rotatable bonds is 4. The molecule has 1 atom stereocenters. The molecule has 0 heterocycles. The van der Waals surface area contributed by atoms with Crippen LogP contribution in [0.15, 0.2) is 42.5 Å². The standard InChI is InChI=1S/C16H14ClFN2/c1-2-16(11-4-3-5-13(17)8-11)20-14-6-7-15(18)12(9-14)10-19/h3-9,16,20H,2H2,1H3. The van der Waals surface area contributed by atoms with Crippen LogP contribution < -0.4 is 5.32 Å². The van der Waals surface area contributed by atoms with Gasteiger partial charge in [0.25, 0.3) is 0 Å². The lowest BCUT2D eigenvalue weighted by atomic mass is 10.0. The van der Waals surface area contributed by atoms with Gasteiger partial charge in [-0.15, -0.1) is 0 Å². The molecular weight excluding hydrogens is 275 g/mol. The van der Waals surface area contributed by atoms with E-state index in [0.717, 1.165) is 17.7 Å². The minimum absolute atomic E-state index is 0.0379. The molecule has 0 bridgehead atoms. The molecule has 0 aliphatic rings. The second-order valence-electron chi connectivity index (χ2n) is 4.47. The SMILES string of the molecule is CCC(Nc1ccc(F)c(C#N)c1)c1cccc(Cl)c1. The fourth-order valence-corrected chi connectivity index (χ4v) is 2.25.